The van der Waals surface area contributed by atoms with Crippen molar-refractivity contribution in [1.29, 1.82) is 0 Å². The number of carbonyl (C=O) groups excluding carboxylic acids is 1. The molecule has 1 heterocycles. The van der Waals surface area contributed by atoms with Crippen LogP contribution in [-0.2, 0) is 11.0 Å². The predicted octanol–water partition coefficient (Wildman–Crippen LogP) is 3.10. The first-order valence-electron chi connectivity index (χ1n) is 5.41. The Morgan fingerprint density at radius 3 is 2.79 bits per heavy atom. The van der Waals surface area contributed by atoms with Gasteiger partial charge >= 0.3 is 6.18 Å². The molecule has 0 atom stereocenters. The molecule has 2 aromatic rings. The van der Waals surface area contributed by atoms with E-state index < -0.39 is 17.6 Å². The first kappa shape index (κ1) is 13.1. The summed E-state index contributed by atoms with van der Waals surface area (Å²) >= 11 is 0. The Morgan fingerprint density at radius 2 is 2.16 bits per heavy atom. The van der Waals surface area contributed by atoms with E-state index in [-0.39, 0.29) is 11.2 Å². The van der Waals surface area contributed by atoms with Crippen molar-refractivity contribution in [2.24, 2.45) is 0 Å². The van der Waals surface area contributed by atoms with Gasteiger partial charge in [0, 0.05) is 5.39 Å². The number of amides is 1. The highest BCUT2D eigenvalue weighted by Crippen LogP contribution is 2.32. The first-order chi connectivity index (χ1) is 8.91. The molecule has 0 spiro atoms. The highest BCUT2D eigenvalue weighted by Gasteiger charge is 2.30. The highest BCUT2D eigenvalue weighted by molar-refractivity contribution is 6.04. The molecule has 0 saturated heterocycles. The maximum atomic E-state index is 12.6. The lowest BCUT2D eigenvalue weighted by Gasteiger charge is -2.06. The van der Waals surface area contributed by atoms with Crippen LogP contribution in [0.5, 0.6) is 0 Å². The molecule has 0 saturated carbocycles. The summed E-state index contributed by atoms with van der Waals surface area (Å²) in [4.78, 5) is 11.4. The van der Waals surface area contributed by atoms with Crippen LogP contribution in [0.3, 0.4) is 0 Å². The fraction of sp³-hybridized carbons (Fsp3) is 0.167. The van der Waals surface area contributed by atoms with E-state index in [2.05, 4.69) is 15.5 Å². The van der Waals surface area contributed by atoms with Gasteiger partial charge in [0.05, 0.1) is 11.1 Å². The third-order valence-electron chi connectivity index (χ3n) is 2.45. The van der Waals surface area contributed by atoms with Crippen molar-refractivity contribution < 1.29 is 18.0 Å². The molecule has 0 aliphatic heterocycles. The van der Waals surface area contributed by atoms with Crippen molar-refractivity contribution in [1.82, 2.24) is 10.2 Å². The Hall–Kier alpha value is -2.31. The summed E-state index contributed by atoms with van der Waals surface area (Å²) in [5, 5.41) is 8.97. The lowest BCUT2D eigenvalue weighted by Crippen LogP contribution is -2.08. The summed E-state index contributed by atoms with van der Waals surface area (Å²) in [7, 11) is 0. The van der Waals surface area contributed by atoms with E-state index in [1.807, 2.05) is 0 Å². The second-order valence-electron chi connectivity index (χ2n) is 3.82. The molecule has 2 N–H and O–H groups in total. The van der Waals surface area contributed by atoms with E-state index >= 15 is 0 Å². The Morgan fingerprint density at radius 1 is 1.42 bits per heavy atom. The number of fused-ring (bicyclic) bond motifs is 1. The zero-order valence-electron chi connectivity index (χ0n) is 9.88. The normalized spacial score (nSPS) is 12.2. The molecule has 0 bridgehead atoms. The van der Waals surface area contributed by atoms with Crippen molar-refractivity contribution in [2.75, 3.05) is 5.32 Å². The Balaban J connectivity index is 2.43. The van der Waals surface area contributed by atoms with Gasteiger partial charge in [-0.05, 0) is 31.2 Å². The molecular weight excluding hydrogens is 259 g/mol. The maximum Gasteiger partial charge on any atom is 0.416 e. The van der Waals surface area contributed by atoms with E-state index in [1.54, 1.807) is 6.92 Å². The molecule has 2 rings (SSSR count). The van der Waals surface area contributed by atoms with Gasteiger partial charge in [-0.2, -0.15) is 18.3 Å². The van der Waals surface area contributed by atoms with Crippen molar-refractivity contribution in [3.05, 3.63) is 35.9 Å². The highest BCUT2D eigenvalue weighted by atomic mass is 19.4. The number of aromatic nitrogens is 2. The Labute approximate surface area is 106 Å². The number of halogens is 3. The standard InChI is InChI=1S/C12H10F3N3O/c1-2-3-10(19)16-11-8-6-7(12(13,14)15)4-5-9(8)17-18-11/h2-6H,1H3,(H2,16,17,18,19). The Kier molecular flexibility index (Phi) is 3.28. The van der Waals surface area contributed by atoms with Gasteiger partial charge in [0.15, 0.2) is 5.82 Å². The summed E-state index contributed by atoms with van der Waals surface area (Å²) in [6.07, 6.45) is -1.66. The molecular formula is C12H10F3N3O. The summed E-state index contributed by atoms with van der Waals surface area (Å²) < 4.78 is 37.8. The van der Waals surface area contributed by atoms with Crippen LogP contribution in [0.25, 0.3) is 10.9 Å². The van der Waals surface area contributed by atoms with Crippen LogP contribution in [-0.4, -0.2) is 16.1 Å². The zero-order valence-corrected chi connectivity index (χ0v) is 9.88. The van der Waals surface area contributed by atoms with Crippen LogP contribution in [0.2, 0.25) is 0 Å². The van der Waals surface area contributed by atoms with Gasteiger partial charge in [-0.15, -0.1) is 0 Å². The molecule has 4 nitrogen and oxygen atoms in total. The van der Waals surface area contributed by atoms with E-state index in [0.717, 1.165) is 12.1 Å². The van der Waals surface area contributed by atoms with Crippen molar-refractivity contribution in [3.63, 3.8) is 0 Å². The Bertz CT molecular complexity index is 643. The number of H-pyrrole nitrogens is 1. The number of nitrogens with zero attached hydrogens (tertiary/aromatic N) is 1. The number of allylic oxidation sites excluding steroid dienone is 1. The average molecular weight is 269 g/mol. The van der Waals surface area contributed by atoms with Crippen molar-refractivity contribution in [2.45, 2.75) is 13.1 Å². The molecule has 1 aromatic heterocycles. The molecule has 7 heteroatoms. The van der Waals surface area contributed by atoms with Crippen molar-refractivity contribution in [3.8, 4) is 0 Å². The second-order valence-corrected chi connectivity index (χ2v) is 3.82. The van der Waals surface area contributed by atoms with E-state index in [0.29, 0.717) is 5.52 Å². The number of aromatic amines is 1. The molecule has 0 radical (unpaired) electrons. The quantitative estimate of drug-likeness (QED) is 0.823. The number of nitrogens with one attached hydrogen (secondary N) is 2. The van der Waals surface area contributed by atoms with Gasteiger partial charge in [-0.3, -0.25) is 9.89 Å². The molecule has 0 aliphatic rings. The lowest BCUT2D eigenvalue weighted by atomic mass is 10.1. The monoisotopic (exact) mass is 269 g/mol. The van der Waals surface area contributed by atoms with E-state index in [4.69, 9.17) is 0 Å². The number of hydrogen-bond acceptors (Lipinski definition) is 2. The summed E-state index contributed by atoms with van der Waals surface area (Å²) in [6, 6.07) is 3.18. The molecule has 0 unspecified atom stereocenters. The zero-order chi connectivity index (χ0) is 14.0. The predicted molar refractivity (Wildman–Crippen MR) is 64.5 cm³/mol. The second kappa shape index (κ2) is 4.75. The minimum absolute atomic E-state index is 0.0733. The maximum absolute atomic E-state index is 12.6. The largest absolute Gasteiger partial charge is 0.416 e. The number of anilines is 1. The molecule has 0 fully saturated rings. The summed E-state index contributed by atoms with van der Waals surface area (Å²) in [6.45, 7) is 1.66. The van der Waals surface area contributed by atoms with Gasteiger partial charge in [-0.25, -0.2) is 0 Å². The first-order valence-corrected chi connectivity index (χ1v) is 5.41. The van der Waals surface area contributed by atoms with Gasteiger partial charge in [0.2, 0.25) is 5.91 Å². The van der Waals surface area contributed by atoms with E-state index in [9.17, 15) is 18.0 Å². The number of rotatable bonds is 2. The third-order valence-corrected chi connectivity index (χ3v) is 2.45. The van der Waals surface area contributed by atoms with Crippen LogP contribution < -0.4 is 5.32 Å². The molecule has 100 valence electrons. The fourth-order valence-corrected chi connectivity index (χ4v) is 1.60. The average Bonchev–Trinajstić information content (AvgIpc) is 2.71. The summed E-state index contributed by atoms with van der Waals surface area (Å²) in [5.41, 5.74) is -0.369. The topological polar surface area (TPSA) is 57.8 Å². The van der Waals surface area contributed by atoms with Gasteiger partial charge in [-0.1, -0.05) is 6.08 Å². The number of alkyl halides is 3. The van der Waals surface area contributed by atoms with Crippen LogP contribution >= 0.6 is 0 Å². The van der Waals surface area contributed by atoms with Crippen LogP contribution in [0.1, 0.15) is 12.5 Å². The molecule has 0 aliphatic carbocycles. The minimum atomic E-state index is -4.43. The number of benzene rings is 1. The van der Waals surface area contributed by atoms with Crippen LogP contribution in [0, 0.1) is 0 Å². The summed E-state index contributed by atoms with van der Waals surface area (Å²) in [5.74, 6) is -0.377. The number of hydrogen-bond donors (Lipinski definition) is 2. The van der Waals surface area contributed by atoms with Gasteiger partial charge in [0.25, 0.3) is 0 Å². The van der Waals surface area contributed by atoms with Crippen molar-refractivity contribution >= 4 is 22.6 Å². The van der Waals surface area contributed by atoms with Crippen LogP contribution in [0.15, 0.2) is 30.4 Å². The smallest absolute Gasteiger partial charge is 0.305 e. The molecule has 19 heavy (non-hydrogen) atoms. The van der Waals surface area contributed by atoms with Crippen LogP contribution in [0.4, 0.5) is 19.0 Å². The third kappa shape index (κ3) is 2.75. The van der Waals surface area contributed by atoms with E-state index in [1.165, 1.54) is 18.2 Å². The SMILES string of the molecule is CC=CC(=O)Nc1n[nH]c2ccc(C(F)(F)F)cc12. The minimum Gasteiger partial charge on any atom is -0.305 e. The molecule has 1 aromatic carbocycles. The molecule has 1 amide bonds. The van der Waals surface area contributed by atoms with Gasteiger partial charge in [0.1, 0.15) is 0 Å². The van der Waals surface area contributed by atoms with Gasteiger partial charge < -0.3 is 5.32 Å². The fourth-order valence-electron chi connectivity index (χ4n) is 1.60. The number of carbonyl (C=O) groups is 1. The lowest BCUT2D eigenvalue weighted by molar-refractivity contribution is -0.137.